The zero-order chi connectivity index (χ0) is 14.9. The Bertz CT molecular complexity index is 877. The molecule has 0 atom stereocenters. The lowest BCUT2D eigenvalue weighted by atomic mass is 10.2. The Morgan fingerprint density at radius 3 is 2.43 bits per heavy atom. The molecule has 0 unspecified atom stereocenters. The molecular weight excluding hydrogens is 308 g/mol. The van der Waals surface area contributed by atoms with Crippen LogP contribution in [0.4, 0.5) is 0 Å². The van der Waals surface area contributed by atoms with Gasteiger partial charge >= 0.3 is 0 Å². The molecule has 0 amide bonds. The fourth-order valence-electron chi connectivity index (χ4n) is 1.71. The number of sulfone groups is 1. The Kier molecular flexibility index (Phi) is 3.48. The Morgan fingerprint density at radius 1 is 0.952 bits per heavy atom. The topological polar surface area (TPSA) is 85.7 Å². The van der Waals surface area contributed by atoms with Crippen molar-refractivity contribution in [1.82, 2.24) is 19.9 Å². The minimum absolute atomic E-state index is 0.207. The first-order chi connectivity index (χ1) is 10.0. The molecule has 0 saturated heterocycles. The summed E-state index contributed by atoms with van der Waals surface area (Å²) in [5.74, 6) is 0. The molecule has 6 nitrogen and oxygen atoms in total. The van der Waals surface area contributed by atoms with E-state index in [1.54, 1.807) is 18.3 Å². The molecule has 8 heteroatoms. The van der Waals surface area contributed by atoms with Crippen molar-refractivity contribution in [3.63, 3.8) is 0 Å². The minimum Gasteiger partial charge on any atom is -0.244 e. The monoisotopic (exact) mass is 318 g/mol. The van der Waals surface area contributed by atoms with Crippen LogP contribution >= 0.6 is 11.3 Å². The third-order valence-corrected chi connectivity index (χ3v) is 4.28. The van der Waals surface area contributed by atoms with Gasteiger partial charge in [0.25, 0.3) is 0 Å². The van der Waals surface area contributed by atoms with E-state index in [9.17, 15) is 8.42 Å². The third kappa shape index (κ3) is 2.96. The summed E-state index contributed by atoms with van der Waals surface area (Å²) in [7, 11) is -3.45. The molecule has 0 aliphatic carbocycles. The second kappa shape index (κ2) is 5.30. The van der Waals surface area contributed by atoms with E-state index in [2.05, 4.69) is 19.9 Å². The van der Waals surface area contributed by atoms with Gasteiger partial charge in [-0.15, -0.1) is 11.3 Å². The maximum atomic E-state index is 11.5. The maximum Gasteiger partial charge on any atom is 0.247 e. The zero-order valence-electron chi connectivity index (χ0n) is 11.0. The SMILES string of the molecule is CS(=O)(=O)c1nccc(-c2cccc(-c3nccs3)n2)n1. The van der Waals surface area contributed by atoms with Crippen molar-refractivity contribution >= 4 is 21.2 Å². The maximum absolute atomic E-state index is 11.5. The number of rotatable bonds is 3. The largest absolute Gasteiger partial charge is 0.247 e. The molecule has 3 heterocycles. The van der Waals surface area contributed by atoms with E-state index in [1.165, 1.54) is 17.5 Å². The van der Waals surface area contributed by atoms with E-state index in [-0.39, 0.29) is 5.16 Å². The molecule has 3 rings (SSSR count). The minimum atomic E-state index is -3.45. The van der Waals surface area contributed by atoms with Gasteiger partial charge in [-0.3, -0.25) is 0 Å². The molecule has 0 aromatic carbocycles. The van der Waals surface area contributed by atoms with Gasteiger partial charge in [-0.25, -0.2) is 28.4 Å². The van der Waals surface area contributed by atoms with Crippen molar-refractivity contribution in [2.75, 3.05) is 6.26 Å². The lowest BCUT2D eigenvalue weighted by molar-refractivity contribution is 0.593. The fourth-order valence-corrected chi connectivity index (χ4v) is 2.83. The molecule has 3 aromatic rings. The highest BCUT2D eigenvalue weighted by atomic mass is 32.2. The summed E-state index contributed by atoms with van der Waals surface area (Å²) in [4.78, 5) is 16.5. The quantitative estimate of drug-likeness (QED) is 0.687. The van der Waals surface area contributed by atoms with Crippen molar-refractivity contribution in [2.45, 2.75) is 5.16 Å². The van der Waals surface area contributed by atoms with Crippen LogP contribution in [0.2, 0.25) is 0 Å². The zero-order valence-corrected chi connectivity index (χ0v) is 12.6. The van der Waals surface area contributed by atoms with Crippen LogP contribution in [0.3, 0.4) is 0 Å². The lowest BCUT2D eigenvalue weighted by Gasteiger charge is -2.03. The summed E-state index contributed by atoms with van der Waals surface area (Å²) in [5, 5.41) is 2.46. The Balaban J connectivity index is 2.07. The first kappa shape index (κ1) is 13.8. The van der Waals surface area contributed by atoms with Crippen LogP contribution < -0.4 is 0 Å². The number of hydrogen-bond acceptors (Lipinski definition) is 7. The molecular formula is C13H10N4O2S2. The molecule has 0 aliphatic rings. The predicted molar refractivity (Wildman–Crippen MR) is 79.5 cm³/mol. The van der Waals surface area contributed by atoms with Gasteiger partial charge in [-0.1, -0.05) is 6.07 Å². The molecule has 0 aliphatic heterocycles. The van der Waals surface area contributed by atoms with Gasteiger partial charge in [0.15, 0.2) is 0 Å². The predicted octanol–water partition coefficient (Wildman–Crippen LogP) is 2.07. The van der Waals surface area contributed by atoms with Gasteiger partial charge in [0.2, 0.25) is 15.0 Å². The number of nitrogens with zero attached hydrogens (tertiary/aromatic N) is 4. The van der Waals surface area contributed by atoms with Crippen molar-refractivity contribution in [2.24, 2.45) is 0 Å². The van der Waals surface area contributed by atoms with Crippen molar-refractivity contribution in [1.29, 1.82) is 0 Å². The average Bonchev–Trinajstić information content (AvgIpc) is 3.01. The molecule has 106 valence electrons. The number of thiazole rings is 1. The van der Waals surface area contributed by atoms with Crippen molar-refractivity contribution < 1.29 is 8.42 Å². The summed E-state index contributed by atoms with van der Waals surface area (Å²) < 4.78 is 23.0. The van der Waals surface area contributed by atoms with E-state index >= 15 is 0 Å². The van der Waals surface area contributed by atoms with Gasteiger partial charge in [0.05, 0.1) is 17.1 Å². The lowest BCUT2D eigenvalue weighted by Crippen LogP contribution is -2.04. The fraction of sp³-hybridized carbons (Fsp3) is 0.0769. The van der Waals surface area contributed by atoms with Crippen LogP contribution in [-0.4, -0.2) is 34.6 Å². The first-order valence-corrected chi connectivity index (χ1v) is 8.71. The molecule has 0 spiro atoms. The Labute approximate surface area is 125 Å². The van der Waals surface area contributed by atoms with Crippen LogP contribution in [0.15, 0.2) is 47.2 Å². The molecule has 21 heavy (non-hydrogen) atoms. The average molecular weight is 318 g/mol. The molecule has 0 bridgehead atoms. The smallest absolute Gasteiger partial charge is 0.244 e. The van der Waals surface area contributed by atoms with Crippen LogP contribution in [0, 0.1) is 0 Å². The van der Waals surface area contributed by atoms with Gasteiger partial charge in [-0.05, 0) is 18.2 Å². The molecule has 0 N–H and O–H groups in total. The van der Waals surface area contributed by atoms with E-state index in [4.69, 9.17) is 0 Å². The number of pyridine rings is 1. The van der Waals surface area contributed by atoms with Crippen LogP contribution in [0.5, 0.6) is 0 Å². The molecule has 3 aromatic heterocycles. The standard InChI is InChI=1S/C13H10N4O2S2/c1-21(18,19)13-15-6-5-10(17-13)9-3-2-4-11(16-9)12-14-7-8-20-12/h2-8H,1H3. The molecule has 0 saturated carbocycles. The second-order valence-electron chi connectivity index (χ2n) is 4.24. The van der Waals surface area contributed by atoms with Gasteiger partial charge in [0, 0.05) is 24.0 Å². The van der Waals surface area contributed by atoms with Crippen LogP contribution in [0.25, 0.3) is 22.1 Å². The Hall–Kier alpha value is -2.19. The summed E-state index contributed by atoms with van der Waals surface area (Å²) in [6.07, 6.45) is 4.20. The van der Waals surface area contributed by atoms with Crippen LogP contribution in [0.1, 0.15) is 0 Å². The van der Waals surface area contributed by atoms with E-state index < -0.39 is 9.84 Å². The second-order valence-corrected chi connectivity index (χ2v) is 7.05. The normalized spacial score (nSPS) is 11.5. The Morgan fingerprint density at radius 2 is 1.71 bits per heavy atom. The molecule has 0 fully saturated rings. The van der Waals surface area contributed by atoms with E-state index in [0.29, 0.717) is 11.4 Å². The summed E-state index contributed by atoms with van der Waals surface area (Å²) >= 11 is 1.49. The van der Waals surface area contributed by atoms with Gasteiger partial charge < -0.3 is 0 Å². The van der Waals surface area contributed by atoms with Crippen molar-refractivity contribution in [3.05, 3.63) is 42.0 Å². The van der Waals surface area contributed by atoms with Gasteiger partial charge in [-0.2, -0.15) is 0 Å². The van der Waals surface area contributed by atoms with Gasteiger partial charge in [0.1, 0.15) is 5.01 Å². The summed E-state index contributed by atoms with van der Waals surface area (Å²) in [6, 6.07) is 7.08. The number of aromatic nitrogens is 4. The molecule has 0 radical (unpaired) electrons. The highest BCUT2D eigenvalue weighted by Crippen LogP contribution is 2.23. The highest BCUT2D eigenvalue weighted by molar-refractivity contribution is 7.90. The van der Waals surface area contributed by atoms with Crippen LogP contribution in [-0.2, 0) is 9.84 Å². The number of hydrogen-bond donors (Lipinski definition) is 0. The summed E-state index contributed by atoms with van der Waals surface area (Å²) in [5.41, 5.74) is 1.76. The van der Waals surface area contributed by atoms with Crippen molar-refractivity contribution in [3.8, 4) is 22.1 Å². The highest BCUT2D eigenvalue weighted by Gasteiger charge is 2.13. The third-order valence-electron chi connectivity index (χ3n) is 2.63. The first-order valence-electron chi connectivity index (χ1n) is 5.94. The van der Waals surface area contributed by atoms with E-state index in [0.717, 1.165) is 17.0 Å². The summed E-state index contributed by atoms with van der Waals surface area (Å²) in [6.45, 7) is 0. The van der Waals surface area contributed by atoms with E-state index in [1.807, 2.05) is 17.5 Å².